The van der Waals surface area contributed by atoms with Crippen LogP contribution in [0.4, 0.5) is 0 Å². The van der Waals surface area contributed by atoms with Gasteiger partial charge in [-0.3, -0.25) is 0 Å². The third-order valence-corrected chi connectivity index (χ3v) is 5.69. The van der Waals surface area contributed by atoms with E-state index in [9.17, 15) is 19.8 Å². The van der Waals surface area contributed by atoms with Gasteiger partial charge in [-0.15, -0.1) is 0 Å². The van der Waals surface area contributed by atoms with Crippen LogP contribution in [-0.2, 0) is 17.6 Å². The highest BCUT2D eigenvalue weighted by molar-refractivity contribution is 5.86. The van der Waals surface area contributed by atoms with Crippen molar-refractivity contribution in [3.05, 3.63) is 81.2 Å². The summed E-state index contributed by atoms with van der Waals surface area (Å²) in [6.45, 7) is -0.214. The smallest absolute Gasteiger partial charge is 0.339 e. The number of carbonyl (C=O) groups is 1. The quantitative estimate of drug-likeness (QED) is 0.384. The highest BCUT2D eigenvalue weighted by Gasteiger charge is 2.26. The van der Waals surface area contributed by atoms with Crippen molar-refractivity contribution < 1.29 is 29.3 Å². The summed E-state index contributed by atoms with van der Waals surface area (Å²) in [4.78, 5) is 23.1. The normalized spacial score (nSPS) is 15.4. The van der Waals surface area contributed by atoms with Crippen LogP contribution in [0.25, 0.3) is 17.0 Å². The number of hydrogen-bond donors (Lipinski definition) is 3. The lowest BCUT2D eigenvalue weighted by atomic mass is 9.87. The predicted octanol–water partition coefficient (Wildman–Crippen LogP) is 3.24. The molecule has 3 N–H and O–H groups in total. The van der Waals surface area contributed by atoms with Crippen molar-refractivity contribution in [2.45, 2.75) is 37.9 Å². The second-order valence-electron chi connectivity index (χ2n) is 7.81. The molecule has 4 rings (SSSR count). The van der Waals surface area contributed by atoms with Crippen molar-refractivity contribution in [1.29, 1.82) is 0 Å². The molecule has 2 aromatic carbocycles. The standard InChI is InChI=1S/C25H24O7/c26-19(14-31-20-10-4-1-6-15(20)12-13-22(27)28)24(29)18-9-5-11-21-23(18)16-7-2-3-8-17(16)25(30)32-21/h1,4-6,9-13,19,24,26,29H,2-3,7-8,14H2,(H,27,28)/b13-12+. The monoisotopic (exact) mass is 436 g/mol. The Kier molecular flexibility index (Phi) is 6.39. The van der Waals surface area contributed by atoms with Crippen LogP contribution in [0.5, 0.6) is 5.75 Å². The van der Waals surface area contributed by atoms with E-state index in [4.69, 9.17) is 14.3 Å². The van der Waals surface area contributed by atoms with Crippen LogP contribution in [0, 0.1) is 0 Å². The van der Waals surface area contributed by atoms with Crippen LogP contribution in [0.15, 0.2) is 57.8 Å². The van der Waals surface area contributed by atoms with Crippen molar-refractivity contribution in [2.75, 3.05) is 6.61 Å². The second-order valence-corrected chi connectivity index (χ2v) is 7.81. The van der Waals surface area contributed by atoms with E-state index in [1.807, 2.05) is 0 Å². The van der Waals surface area contributed by atoms with Gasteiger partial charge < -0.3 is 24.5 Å². The summed E-state index contributed by atoms with van der Waals surface area (Å²) in [6.07, 6.45) is 3.10. The number of carboxylic acid groups (broad SMARTS) is 1. The van der Waals surface area contributed by atoms with E-state index >= 15 is 0 Å². The largest absolute Gasteiger partial charge is 0.490 e. The Balaban J connectivity index is 1.60. The van der Waals surface area contributed by atoms with Gasteiger partial charge in [0, 0.05) is 22.6 Å². The molecule has 2 atom stereocenters. The maximum absolute atomic E-state index is 12.3. The average Bonchev–Trinajstić information content (AvgIpc) is 2.81. The average molecular weight is 436 g/mol. The van der Waals surface area contributed by atoms with Crippen LogP contribution in [-0.4, -0.2) is 34.0 Å². The SMILES string of the molecule is O=C(O)/C=C/c1ccccc1OCC(O)C(O)c1cccc2oc(=O)c3c(c12)CCCC3. The molecule has 0 bridgehead atoms. The number of benzene rings is 2. The third-order valence-electron chi connectivity index (χ3n) is 5.69. The van der Waals surface area contributed by atoms with Gasteiger partial charge in [0.1, 0.15) is 30.1 Å². The van der Waals surface area contributed by atoms with Crippen molar-refractivity contribution in [3.63, 3.8) is 0 Å². The van der Waals surface area contributed by atoms with E-state index in [0.29, 0.717) is 39.8 Å². The first kappa shape index (κ1) is 21.8. The molecule has 1 aliphatic rings. The molecule has 166 valence electrons. The summed E-state index contributed by atoms with van der Waals surface area (Å²) in [5.41, 5.74) is 2.61. The molecule has 32 heavy (non-hydrogen) atoms. The van der Waals surface area contributed by atoms with Gasteiger partial charge in [-0.2, -0.15) is 0 Å². The fourth-order valence-electron chi connectivity index (χ4n) is 4.15. The Labute approximate surface area is 184 Å². The van der Waals surface area contributed by atoms with Gasteiger partial charge in [0.15, 0.2) is 0 Å². The number of ether oxygens (including phenoxy) is 1. The molecule has 0 radical (unpaired) electrons. The molecule has 0 amide bonds. The number of para-hydroxylation sites is 1. The lowest BCUT2D eigenvalue weighted by Gasteiger charge is -2.23. The van der Waals surface area contributed by atoms with Crippen molar-refractivity contribution in [1.82, 2.24) is 0 Å². The van der Waals surface area contributed by atoms with Crippen LogP contribution < -0.4 is 10.4 Å². The highest BCUT2D eigenvalue weighted by Crippen LogP contribution is 2.33. The van der Waals surface area contributed by atoms with E-state index < -0.39 is 18.2 Å². The van der Waals surface area contributed by atoms with E-state index in [1.165, 1.54) is 6.08 Å². The number of carboxylic acids is 1. The number of hydrogen-bond acceptors (Lipinski definition) is 6. The number of aryl methyl sites for hydroxylation is 1. The van der Waals surface area contributed by atoms with E-state index in [0.717, 1.165) is 30.9 Å². The molecule has 2 unspecified atom stereocenters. The Morgan fingerprint density at radius 2 is 1.81 bits per heavy atom. The summed E-state index contributed by atoms with van der Waals surface area (Å²) in [5.74, 6) is -0.696. The lowest BCUT2D eigenvalue weighted by Crippen LogP contribution is -2.26. The van der Waals surface area contributed by atoms with E-state index in [2.05, 4.69) is 0 Å². The maximum atomic E-state index is 12.3. The van der Waals surface area contributed by atoms with Crippen molar-refractivity contribution in [3.8, 4) is 5.75 Å². The number of aliphatic hydroxyl groups excluding tert-OH is 2. The molecule has 0 spiro atoms. The van der Waals surface area contributed by atoms with Gasteiger partial charge in [0.2, 0.25) is 0 Å². The molecule has 0 saturated carbocycles. The molecular weight excluding hydrogens is 412 g/mol. The van der Waals surface area contributed by atoms with Crippen LogP contribution >= 0.6 is 0 Å². The fraction of sp³-hybridized carbons (Fsp3) is 0.280. The summed E-state index contributed by atoms with van der Waals surface area (Å²) in [7, 11) is 0. The first-order valence-electron chi connectivity index (χ1n) is 10.5. The minimum atomic E-state index is -1.26. The molecule has 0 aliphatic heterocycles. The molecule has 1 aliphatic carbocycles. The molecule has 0 saturated heterocycles. The topological polar surface area (TPSA) is 117 Å². The van der Waals surface area contributed by atoms with E-state index in [-0.39, 0.29) is 12.2 Å². The van der Waals surface area contributed by atoms with Gasteiger partial charge in [-0.1, -0.05) is 30.3 Å². The maximum Gasteiger partial charge on any atom is 0.339 e. The van der Waals surface area contributed by atoms with Crippen molar-refractivity contribution >= 4 is 23.0 Å². The molecule has 7 nitrogen and oxygen atoms in total. The number of aliphatic hydroxyl groups is 2. The number of fused-ring (bicyclic) bond motifs is 3. The van der Waals surface area contributed by atoms with Gasteiger partial charge in [-0.05, 0) is 55.0 Å². The molecule has 7 heteroatoms. The molecule has 0 fully saturated rings. The Morgan fingerprint density at radius 1 is 1.06 bits per heavy atom. The molecular formula is C25H24O7. The zero-order valence-corrected chi connectivity index (χ0v) is 17.4. The van der Waals surface area contributed by atoms with Crippen LogP contribution in [0.2, 0.25) is 0 Å². The third kappa shape index (κ3) is 4.44. The van der Waals surface area contributed by atoms with Gasteiger partial charge in [0.25, 0.3) is 0 Å². The zero-order chi connectivity index (χ0) is 22.7. The minimum Gasteiger partial charge on any atom is -0.490 e. The number of rotatable bonds is 7. The molecule has 3 aromatic rings. The van der Waals surface area contributed by atoms with Gasteiger partial charge in [0.05, 0.1) is 0 Å². The Bertz CT molecular complexity index is 1220. The zero-order valence-electron chi connectivity index (χ0n) is 17.4. The molecule has 1 aromatic heterocycles. The Morgan fingerprint density at radius 3 is 2.59 bits per heavy atom. The summed E-state index contributed by atoms with van der Waals surface area (Å²) < 4.78 is 11.2. The van der Waals surface area contributed by atoms with Crippen LogP contribution in [0.3, 0.4) is 0 Å². The lowest BCUT2D eigenvalue weighted by molar-refractivity contribution is -0.131. The van der Waals surface area contributed by atoms with Crippen LogP contribution in [0.1, 0.15) is 41.2 Å². The summed E-state index contributed by atoms with van der Waals surface area (Å²) in [5, 5.41) is 31.1. The molecule has 1 heterocycles. The first-order chi connectivity index (χ1) is 15.5. The number of aliphatic carboxylic acids is 1. The van der Waals surface area contributed by atoms with Gasteiger partial charge in [-0.25, -0.2) is 9.59 Å². The van der Waals surface area contributed by atoms with Crippen molar-refractivity contribution in [2.24, 2.45) is 0 Å². The fourth-order valence-corrected chi connectivity index (χ4v) is 4.15. The first-order valence-corrected chi connectivity index (χ1v) is 10.5. The second kappa shape index (κ2) is 9.38. The minimum absolute atomic E-state index is 0.214. The summed E-state index contributed by atoms with van der Waals surface area (Å²) >= 11 is 0. The Hall–Kier alpha value is -3.42. The highest BCUT2D eigenvalue weighted by atomic mass is 16.5. The predicted molar refractivity (Wildman–Crippen MR) is 119 cm³/mol. The summed E-state index contributed by atoms with van der Waals surface area (Å²) in [6, 6.07) is 11.9. The van der Waals surface area contributed by atoms with E-state index in [1.54, 1.807) is 42.5 Å². The van der Waals surface area contributed by atoms with Gasteiger partial charge >= 0.3 is 11.6 Å².